The Hall–Kier alpha value is -1.94. The van der Waals surface area contributed by atoms with Gasteiger partial charge in [-0.1, -0.05) is 30.3 Å². The molecule has 0 N–H and O–H groups in total. The van der Waals surface area contributed by atoms with Gasteiger partial charge in [-0.3, -0.25) is 4.79 Å². The Labute approximate surface area is 128 Å². The van der Waals surface area contributed by atoms with E-state index in [2.05, 4.69) is 17.1 Å². The van der Waals surface area contributed by atoms with Gasteiger partial charge >= 0.3 is 0 Å². The van der Waals surface area contributed by atoms with Gasteiger partial charge in [0.15, 0.2) is 0 Å². The van der Waals surface area contributed by atoms with Gasteiger partial charge in [-0.05, 0) is 31.4 Å². The number of hydrogen-bond acceptors (Lipinski definition) is 3. The van der Waals surface area contributed by atoms with E-state index in [0.29, 0.717) is 0 Å². The summed E-state index contributed by atoms with van der Waals surface area (Å²) in [6, 6.07) is 10.5. The molecule has 3 rings (SSSR count). The van der Waals surface area contributed by atoms with Crippen LogP contribution in [-0.2, 0) is 4.79 Å². The number of rotatable bonds is 3. The van der Waals surface area contributed by atoms with Crippen molar-refractivity contribution in [1.29, 1.82) is 0 Å². The lowest BCUT2D eigenvalue weighted by atomic mass is 10.0. The number of likely N-dealkylation sites (tertiary alicyclic amines) is 1. The summed E-state index contributed by atoms with van der Waals surface area (Å²) in [4.78, 5) is 18.7. The van der Waals surface area contributed by atoms with E-state index in [4.69, 9.17) is 0 Å². The quantitative estimate of drug-likeness (QED) is 0.807. The van der Waals surface area contributed by atoms with Crippen molar-refractivity contribution < 1.29 is 4.79 Å². The number of hydrogen-bond donors (Lipinski definition) is 0. The van der Waals surface area contributed by atoms with Crippen molar-refractivity contribution in [3.05, 3.63) is 58.1 Å². The minimum absolute atomic E-state index is 0.0759. The lowest BCUT2D eigenvalue weighted by Gasteiger charge is -2.23. The molecule has 1 atom stereocenters. The molecule has 4 heteroatoms. The highest BCUT2D eigenvalue weighted by Crippen LogP contribution is 2.31. The number of carbonyl (C=O) groups excluding carboxylic acids is 1. The van der Waals surface area contributed by atoms with Gasteiger partial charge in [-0.2, -0.15) is 0 Å². The minimum Gasteiger partial charge on any atom is -0.332 e. The monoisotopic (exact) mass is 298 g/mol. The highest BCUT2D eigenvalue weighted by molar-refractivity contribution is 7.09. The summed E-state index contributed by atoms with van der Waals surface area (Å²) in [6.07, 6.45) is 5.57. The molecule has 1 saturated heterocycles. The molecular formula is C17H18N2OS. The van der Waals surface area contributed by atoms with Crippen molar-refractivity contribution in [3.63, 3.8) is 0 Å². The van der Waals surface area contributed by atoms with Crippen LogP contribution in [0.5, 0.6) is 0 Å². The Balaban J connectivity index is 1.73. The van der Waals surface area contributed by atoms with Gasteiger partial charge in [0.25, 0.3) is 0 Å². The van der Waals surface area contributed by atoms with Gasteiger partial charge in [0.05, 0.1) is 16.7 Å². The Morgan fingerprint density at radius 3 is 2.90 bits per heavy atom. The molecule has 0 saturated carbocycles. The molecule has 0 radical (unpaired) electrons. The molecule has 1 aliphatic rings. The van der Waals surface area contributed by atoms with E-state index in [9.17, 15) is 4.79 Å². The SMILES string of the molecule is Cc1nc(C=CC(=O)N2CCCC2c2ccccc2)cs1. The smallest absolute Gasteiger partial charge is 0.247 e. The Bertz CT molecular complexity index is 648. The predicted octanol–water partition coefficient (Wildman–Crippen LogP) is 3.83. The average molecular weight is 298 g/mol. The first-order chi connectivity index (χ1) is 10.2. The molecule has 1 aliphatic heterocycles. The molecule has 2 aromatic rings. The third-order valence-corrected chi connectivity index (χ3v) is 4.55. The maximum Gasteiger partial charge on any atom is 0.247 e. The van der Waals surface area contributed by atoms with Crippen LogP contribution >= 0.6 is 11.3 Å². The van der Waals surface area contributed by atoms with E-state index in [1.807, 2.05) is 41.5 Å². The van der Waals surface area contributed by atoms with Crippen LogP contribution in [0.25, 0.3) is 6.08 Å². The van der Waals surface area contributed by atoms with Gasteiger partial charge in [0.2, 0.25) is 5.91 Å². The number of carbonyl (C=O) groups is 1. The van der Waals surface area contributed by atoms with Gasteiger partial charge < -0.3 is 4.90 Å². The Morgan fingerprint density at radius 2 is 2.19 bits per heavy atom. The third-order valence-electron chi connectivity index (χ3n) is 3.75. The predicted molar refractivity (Wildman–Crippen MR) is 86.0 cm³/mol. The fourth-order valence-corrected chi connectivity index (χ4v) is 3.34. The highest BCUT2D eigenvalue weighted by atomic mass is 32.1. The minimum atomic E-state index is 0.0759. The number of nitrogens with zero attached hydrogens (tertiary/aromatic N) is 2. The zero-order chi connectivity index (χ0) is 14.7. The molecule has 0 spiro atoms. The van der Waals surface area contributed by atoms with Gasteiger partial charge in [0.1, 0.15) is 0 Å². The largest absolute Gasteiger partial charge is 0.332 e. The lowest BCUT2D eigenvalue weighted by Crippen LogP contribution is -2.28. The van der Waals surface area contributed by atoms with Crippen LogP contribution in [0.1, 0.15) is 35.1 Å². The first-order valence-electron chi connectivity index (χ1n) is 7.20. The molecule has 108 valence electrons. The van der Waals surface area contributed by atoms with Crippen LogP contribution < -0.4 is 0 Å². The van der Waals surface area contributed by atoms with Crippen molar-refractivity contribution in [3.8, 4) is 0 Å². The molecule has 1 amide bonds. The molecule has 1 aromatic heterocycles. The number of amides is 1. The van der Waals surface area contributed by atoms with Crippen molar-refractivity contribution in [2.75, 3.05) is 6.54 Å². The fraction of sp³-hybridized carbons (Fsp3) is 0.294. The standard InChI is InChI=1S/C17H18N2OS/c1-13-18-15(12-21-13)9-10-17(20)19-11-5-8-16(19)14-6-3-2-4-7-14/h2-4,6-7,9-10,12,16H,5,8,11H2,1H3. The topological polar surface area (TPSA) is 33.2 Å². The Morgan fingerprint density at radius 1 is 1.38 bits per heavy atom. The van der Waals surface area contributed by atoms with Crippen LogP contribution in [0.15, 0.2) is 41.8 Å². The summed E-state index contributed by atoms with van der Waals surface area (Å²) in [6.45, 7) is 2.80. The van der Waals surface area contributed by atoms with Crippen LogP contribution in [0.2, 0.25) is 0 Å². The summed E-state index contributed by atoms with van der Waals surface area (Å²) < 4.78 is 0. The van der Waals surface area contributed by atoms with E-state index in [1.54, 1.807) is 17.4 Å². The number of thiazole rings is 1. The summed E-state index contributed by atoms with van der Waals surface area (Å²) in [5, 5.41) is 2.99. The normalized spacial score (nSPS) is 18.5. The van der Waals surface area contributed by atoms with E-state index >= 15 is 0 Å². The third kappa shape index (κ3) is 3.22. The summed E-state index contributed by atoms with van der Waals surface area (Å²) in [5.41, 5.74) is 2.09. The van der Waals surface area contributed by atoms with E-state index in [1.165, 1.54) is 5.56 Å². The second-order valence-corrected chi connectivity index (χ2v) is 6.29. The molecule has 2 heterocycles. The van der Waals surface area contributed by atoms with Gasteiger partial charge in [-0.15, -0.1) is 11.3 Å². The van der Waals surface area contributed by atoms with Crippen molar-refractivity contribution in [2.24, 2.45) is 0 Å². The van der Waals surface area contributed by atoms with E-state index < -0.39 is 0 Å². The number of aromatic nitrogens is 1. The van der Waals surface area contributed by atoms with E-state index in [0.717, 1.165) is 30.1 Å². The second kappa shape index (κ2) is 6.22. The van der Waals surface area contributed by atoms with Crippen molar-refractivity contribution in [1.82, 2.24) is 9.88 Å². The number of benzene rings is 1. The molecular weight excluding hydrogens is 280 g/mol. The molecule has 1 aromatic carbocycles. The number of aryl methyl sites for hydroxylation is 1. The molecule has 1 fully saturated rings. The highest BCUT2D eigenvalue weighted by Gasteiger charge is 2.28. The maximum absolute atomic E-state index is 12.4. The van der Waals surface area contributed by atoms with Crippen LogP contribution in [-0.4, -0.2) is 22.3 Å². The first kappa shape index (κ1) is 14.0. The molecule has 0 bridgehead atoms. The van der Waals surface area contributed by atoms with E-state index in [-0.39, 0.29) is 11.9 Å². The fourth-order valence-electron chi connectivity index (χ4n) is 2.76. The van der Waals surface area contributed by atoms with Crippen molar-refractivity contribution >= 4 is 23.3 Å². The molecule has 1 unspecified atom stereocenters. The summed E-state index contributed by atoms with van der Waals surface area (Å²) >= 11 is 1.60. The van der Waals surface area contributed by atoms with Gasteiger partial charge in [-0.25, -0.2) is 4.98 Å². The molecule has 3 nitrogen and oxygen atoms in total. The van der Waals surface area contributed by atoms with Crippen LogP contribution in [0.4, 0.5) is 0 Å². The van der Waals surface area contributed by atoms with Gasteiger partial charge in [0, 0.05) is 18.0 Å². The lowest BCUT2D eigenvalue weighted by molar-refractivity contribution is -0.126. The van der Waals surface area contributed by atoms with Crippen LogP contribution in [0.3, 0.4) is 0 Å². The summed E-state index contributed by atoms with van der Waals surface area (Å²) in [7, 11) is 0. The van der Waals surface area contributed by atoms with Crippen molar-refractivity contribution in [2.45, 2.75) is 25.8 Å². The van der Waals surface area contributed by atoms with Crippen LogP contribution in [0, 0.1) is 6.92 Å². The molecule has 0 aliphatic carbocycles. The molecule has 21 heavy (non-hydrogen) atoms. The Kier molecular flexibility index (Phi) is 4.15. The maximum atomic E-state index is 12.4. The summed E-state index contributed by atoms with van der Waals surface area (Å²) in [5.74, 6) is 0.0759. The zero-order valence-corrected chi connectivity index (χ0v) is 12.8. The second-order valence-electron chi connectivity index (χ2n) is 5.23. The average Bonchev–Trinajstić information content (AvgIpc) is 3.14. The first-order valence-corrected chi connectivity index (χ1v) is 8.08. The zero-order valence-electron chi connectivity index (χ0n) is 12.0.